The minimum absolute atomic E-state index is 0.307. The Hall–Kier alpha value is -2.76. The van der Waals surface area contributed by atoms with E-state index < -0.39 is 0 Å². The summed E-state index contributed by atoms with van der Waals surface area (Å²) in [4.78, 5) is 25.2. The van der Waals surface area contributed by atoms with Gasteiger partial charge in [0.2, 0.25) is 0 Å². The molecule has 2 rings (SSSR count). The molecule has 0 aliphatic heterocycles. The van der Waals surface area contributed by atoms with Crippen LogP contribution >= 0.6 is 0 Å². The maximum Gasteiger partial charge on any atom is 0.272 e. The average Bonchev–Trinajstić information content (AvgIpc) is 2.96. The monoisotopic (exact) mass is 274 g/mol. The lowest BCUT2D eigenvalue weighted by Gasteiger charge is -2.10. The van der Waals surface area contributed by atoms with Crippen molar-refractivity contribution in [1.82, 2.24) is 4.98 Å². The number of anilines is 1. The number of ether oxygens (including phenoxy) is 2. The van der Waals surface area contributed by atoms with Gasteiger partial charge < -0.3 is 19.8 Å². The molecule has 6 heteroatoms. The Bertz CT molecular complexity index is 634. The number of amides is 1. The molecule has 104 valence electrons. The van der Waals surface area contributed by atoms with Crippen molar-refractivity contribution < 1.29 is 19.1 Å². The number of aldehydes is 1. The molecule has 1 aromatic heterocycles. The molecule has 0 unspecified atom stereocenters. The number of H-pyrrole nitrogens is 1. The normalized spacial score (nSPS) is 9.90. The van der Waals surface area contributed by atoms with Crippen LogP contribution in [0.5, 0.6) is 11.5 Å². The van der Waals surface area contributed by atoms with Gasteiger partial charge in [-0.2, -0.15) is 0 Å². The molecule has 0 aliphatic carbocycles. The Morgan fingerprint density at radius 2 is 1.90 bits per heavy atom. The number of carbonyl (C=O) groups excluding carboxylic acids is 2. The van der Waals surface area contributed by atoms with Crippen molar-refractivity contribution in [2.45, 2.75) is 0 Å². The molecule has 0 saturated carbocycles. The third kappa shape index (κ3) is 2.80. The zero-order chi connectivity index (χ0) is 14.5. The topological polar surface area (TPSA) is 80.4 Å². The van der Waals surface area contributed by atoms with E-state index >= 15 is 0 Å². The third-order valence-corrected chi connectivity index (χ3v) is 2.72. The van der Waals surface area contributed by atoms with E-state index in [9.17, 15) is 9.59 Å². The molecule has 0 spiro atoms. The predicted octanol–water partition coefficient (Wildman–Crippen LogP) is 2.10. The van der Waals surface area contributed by atoms with Crippen LogP contribution < -0.4 is 14.8 Å². The van der Waals surface area contributed by atoms with E-state index in [1.54, 1.807) is 24.3 Å². The fourth-order valence-electron chi connectivity index (χ4n) is 1.73. The molecule has 1 aromatic carbocycles. The van der Waals surface area contributed by atoms with Crippen molar-refractivity contribution in [1.29, 1.82) is 0 Å². The van der Waals surface area contributed by atoms with E-state index in [2.05, 4.69) is 10.3 Å². The quantitative estimate of drug-likeness (QED) is 0.818. The number of aromatic nitrogens is 1. The van der Waals surface area contributed by atoms with Gasteiger partial charge in [-0.25, -0.2) is 0 Å². The molecule has 0 bridgehead atoms. The second kappa shape index (κ2) is 5.92. The first-order chi connectivity index (χ1) is 9.67. The summed E-state index contributed by atoms with van der Waals surface area (Å²) in [5, 5.41) is 2.70. The molecular weight excluding hydrogens is 260 g/mol. The Morgan fingerprint density at radius 3 is 2.50 bits per heavy atom. The van der Waals surface area contributed by atoms with Gasteiger partial charge >= 0.3 is 0 Å². The molecule has 0 radical (unpaired) electrons. The lowest BCUT2D eigenvalue weighted by Crippen LogP contribution is -2.12. The third-order valence-electron chi connectivity index (χ3n) is 2.72. The van der Waals surface area contributed by atoms with E-state index in [-0.39, 0.29) is 5.91 Å². The Labute approximate surface area is 115 Å². The van der Waals surface area contributed by atoms with Gasteiger partial charge in [-0.05, 0) is 24.3 Å². The van der Waals surface area contributed by atoms with E-state index in [1.165, 1.54) is 20.3 Å². The maximum atomic E-state index is 12.0. The number of benzene rings is 1. The molecule has 20 heavy (non-hydrogen) atoms. The van der Waals surface area contributed by atoms with Crippen LogP contribution in [-0.2, 0) is 0 Å². The molecule has 0 atom stereocenters. The Kier molecular flexibility index (Phi) is 4.05. The highest BCUT2D eigenvalue weighted by Gasteiger charge is 2.10. The summed E-state index contributed by atoms with van der Waals surface area (Å²) in [7, 11) is 3.06. The number of hydrogen-bond acceptors (Lipinski definition) is 4. The molecule has 1 heterocycles. The van der Waals surface area contributed by atoms with Crippen molar-refractivity contribution in [3.8, 4) is 11.5 Å². The Balaban J connectivity index is 2.17. The van der Waals surface area contributed by atoms with Crippen molar-refractivity contribution in [3.63, 3.8) is 0 Å². The summed E-state index contributed by atoms with van der Waals surface area (Å²) < 4.78 is 10.3. The number of rotatable bonds is 5. The van der Waals surface area contributed by atoms with Crippen LogP contribution in [0.3, 0.4) is 0 Å². The number of aromatic amines is 1. The second-order valence-electron chi connectivity index (χ2n) is 3.97. The van der Waals surface area contributed by atoms with Crippen LogP contribution in [0.25, 0.3) is 0 Å². The molecule has 2 N–H and O–H groups in total. The van der Waals surface area contributed by atoms with E-state index in [4.69, 9.17) is 9.47 Å². The summed E-state index contributed by atoms with van der Waals surface area (Å²) in [5.41, 5.74) is 1.22. The van der Waals surface area contributed by atoms with Gasteiger partial charge in [-0.15, -0.1) is 0 Å². The zero-order valence-electron chi connectivity index (χ0n) is 11.1. The van der Waals surface area contributed by atoms with Gasteiger partial charge in [0.15, 0.2) is 17.8 Å². The van der Waals surface area contributed by atoms with Crippen molar-refractivity contribution in [2.24, 2.45) is 0 Å². The molecular formula is C14H14N2O4. The van der Waals surface area contributed by atoms with Crippen LogP contribution in [0, 0.1) is 0 Å². The first-order valence-corrected chi connectivity index (χ1v) is 5.85. The largest absolute Gasteiger partial charge is 0.493 e. The standard InChI is InChI=1S/C14H14N2O4/c1-19-12-6-4-9(7-13(12)20-2)16-14(18)11-5-3-10(8-17)15-11/h3-8,15H,1-2H3,(H,16,18). The molecule has 1 amide bonds. The summed E-state index contributed by atoms with van der Waals surface area (Å²) in [6, 6.07) is 8.12. The molecule has 2 aromatic rings. The van der Waals surface area contributed by atoms with Gasteiger partial charge in [0, 0.05) is 11.8 Å². The number of nitrogens with one attached hydrogen (secondary N) is 2. The summed E-state index contributed by atoms with van der Waals surface area (Å²) in [6.07, 6.45) is 0.646. The predicted molar refractivity (Wildman–Crippen MR) is 73.7 cm³/mol. The number of methoxy groups -OCH3 is 2. The summed E-state index contributed by atoms with van der Waals surface area (Å²) in [6.45, 7) is 0. The van der Waals surface area contributed by atoms with Gasteiger partial charge in [-0.1, -0.05) is 0 Å². The lowest BCUT2D eigenvalue weighted by molar-refractivity contribution is 0.102. The summed E-state index contributed by atoms with van der Waals surface area (Å²) >= 11 is 0. The molecule has 0 aliphatic rings. The first kappa shape index (κ1) is 13.7. The Morgan fingerprint density at radius 1 is 1.15 bits per heavy atom. The minimum atomic E-state index is -0.342. The molecule has 6 nitrogen and oxygen atoms in total. The number of hydrogen-bond donors (Lipinski definition) is 2. The second-order valence-corrected chi connectivity index (χ2v) is 3.97. The van der Waals surface area contributed by atoms with Gasteiger partial charge in [-0.3, -0.25) is 9.59 Å². The fraction of sp³-hybridized carbons (Fsp3) is 0.143. The summed E-state index contributed by atoms with van der Waals surface area (Å²) in [5.74, 6) is 0.754. The van der Waals surface area contributed by atoms with Crippen molar-refractivity contribution in [3.05, 3.63) is 41.7 Å². The van der Waals surface area contributed by atoms with E-state index in [0.29, 0.717) is 34.9 Å². The SMILES string of the molecule is COc1ccc(NC(=O)c2ccc(C=O)[nH]2)cc1OC. The highest BCUT2D eigenvalue weighted by molar-refractivity contribution is 6.03. The zero-order valence-corrected chi connectivity index (χ0v) is 11.1. The van der Waals surface area contributed by atoms with Crippen LogP contribution in [-0.4, -0.2) is 31.4 Å². The fourth-order valence-corrected chi connectivity index (χ4v) is 1.73. The molecule has 0 saturated heterocycles. The van der Waals surface area contributed by atoms with Gasteiger partial charge in [0.1, 0.15) is 5.69 Å². The van der Waals surface area contributed by atoms with Crippen molar-refractivity contribution >= 4 is 17.9 Å². The van der Waals surface area contributed by atoms with Crippen LogP contribution in [0.15, 0.2) is 30.3 Å². The lowest BCUT2D eigenvalue weighted by atomic mass is 10.2. The maximum absolute atomic E-state index is 12.0. The van der Waals surface area contributed by atoms with Gasteiger partial charge in [0.25, 0.3) is 5.91 Å². The number of carbonyl (C=O) groups is 2. The highest BCUT2D eigenvalue weighted by atomic mass is 16.5. The van der Waals surface area contributed by atoms with Crippen LogP contribution in [0.2, 0.25) is 0 Å². The highest BCUT2D eigenvalue weighted by Crippen LogP contribution is 2.29. The van der Waals surface area contributed by atoms with Crippen LogP contribution in [0.4, 0.5) is 5.69 Å². The average molecular weight is 274 g/mol. The van der Waals surface area contributed by atoms with E-state index in [0.717, 1.165) is 0 Å². The smallest absolute Gasteiger partial charge is 0.272 e. The van der Waals surface area contributed by atoms with Crippen LogP contribution in [0.1, 0.15) is 21.0 Å². The van der Waals surface area contributed by atoms with E-state index in [1.807, 2.05) is 0 Å². The van der Waals surface area contributed by atoms with Gasteiger partial charge in [0.05, 0.1) is 19.9 Å². The van der Waals surface area contributed by atoms with Crippen molar-refractivity contribution in [2.75, 3.05) is 19.5 Å². The first-order valence-electron chi connectivity index (χ1n) is 5.85. The molecule has 0 fully saturated rings. The minimum Gasteiger partial charge on any atom is -0.493 e.